The van der Waals surface area contributed by atoms with Crippen LogP contribution in [-0.4, -0.2) is 45.1 Å². The number of nitrogens with zero attached hydrogens (tertiary/aromatic N) is 4. The van der Waals surface area contributed by atoms with Gasteiger partial charge in [0.05, 0.1) is 43.8 Å². The highest BCUT2D eigenvalue weighted by Crippen LogP contribution is 2.50. The molecule has 0 spiro atoms. The second-order valence-electron chi connectivity index (χ2n) is 30.4. The number of aromatic nitrogens is 4. The van der Waals surface area contributed by atoms with Gasteiger partial charge in [-0.15, -0.1) is 45.3 Å². The van der Waals surface area contributed by atoms with Gasteiger partial charge >= 0.3 is 11.9 Å². The van der Waals surface area contributed by atoms with E-state index in [2.05, 4.69) is 73.6 Å². The lowest BCUT2D eigenvalue weighted by molar-refractivity contribution is 0.0415. The van der Waals surface area contributed by atoms with E-state index >= 15 is 4.79 Å². The lowest BCUT2D eigenvalue weighted by atomic mass is 9.95. The first kappa shape index (κ1) is 86.4. The Morgan fingerprint density at radius 3 is 0.933 bits per heavy atom. The van der Waals surface area contributed by atoms with E-state index in [9.17, 15) is 4.79 Å². The van der Waals surface area contributed by atoms with Gasteiger partial charge in [0.25, 0.3) is 0 Å². The third kappa shape index (κ3) is 29.5. The molecule has 0 radical (unpaired) electrons. The zero-order chi connectivity index (χ0) is 73.4. The molecule has 0 saturated heterocycles. The number of thiazole rings is 4. The molecule has 0 N–H and O–H groups in total. The summed E-state index contributed by atoms with van der Waals surface area (Å²) in [4.78, 5) is 63.3. The summed E-state index contributed by atoms with van der Waals surface area (Å²) in [7, 11) is 0. The zero-order valence-electron chi connectivity index (χ0n) is 65.9. The molecule has 8 heterocycles. The standard InChI is InChI=1S/C88H134N4O4S8/c1-9-15-21-27-31-33-35-37-39-41-45-51-57-69-59-65(7)97-75(69)79-89-83-84(101-79)90-80(102-83)76-70(58-52-46-42-40-38-36-34-32-28-22-16-10-2)61-73(99-76)74-62-72(88(94)96-64-68(54-48-26-20-14-6)56-50-44-30-24-18-12-4)78(100-74)82-92-86-85(104-82)91-81(103-86)77-71(60-66(8)98-77)87(93)95-63-67(53-47-25-19-13-5)55-49-43-29-23-17-11-3/h59-62,67-68H,9-58,63-64H2,1-8H3. The number of fused-ring (bicyclic) bond motifs is 2. The number of rotatable bonds is 61. The Labute approximate surface area is 662 Å². The van der Waals surface area contributed by atoms with Crippen molar-refractivity contribution in [1.29, 1.82) is 0 Å². The van der Waals surface area contributed by atoms with Crippen LogP contribution in [0.15, 0.2) is 24.3 Å². The average Bonchev–Trinajstić information content (AvgIpc) is 1.61. The first-order valence-electron chi connectivity index (χ1n) is 42.4. The average molecular weight is 1570 g/mol. The molecule has 2 atom stereocenters. The molecule has 0 saturated carbocycles. The van der Waals surface area contributed by atoms with Crippen LogP contribution in [0, 0.1) is 25.7 Å². The lowest BCUT2D eigenvalue weighted by Gasteiger charge is -2.17. The second kappa shape index (κ2) is 50.6. The molecule has 0 fully saturated rings. The maximum absolute atomic E-state index is 15.1. The maximum atomic E-state index is 15.1. The van der Waals surface area contributed by atoms with Gasteiger partial charge in [0.15, 0.2) is 19.3 Å². The van der Waals surface area contributed by atoms with Crippen LogP contribution in [0.5, 0.6) is 0 Å². The van der Waals surface area contributed by atoms with Crippen LogP contribution in [-0.2, 0) is 22.3 Å². The van der Waals surface area contributed by atoms with Crippen molar-refractivity contribution in [2.45, 2.75) is 376 Å². The van der Waals surface area contributed by atoms with Crippen molar-refractivity contribution in [3.8, 4) is 49.3 Å². The Kier molecular flexibility index (Phi) is 42.0. The molecular weight excluding hydrogens is 1430 g/mol. The third-order valence-electron chi connectivity index (χ3n) is 21.1. The summed E-state index contributed by atoms with van der Waals surface area (Å²) in [5.74, 6) is 0.194. The Morgan fingerprint density at radius 2 is 0.558 bits per heavy atom. The smallest absolute Gasteiger partial charge is 0.339 e. The summed E-state index contributed by atoms with van der Waals surface area (Å²) in [5, 5.41) is 3.73. The molecule has 8 aromatic heterocycles. The van der Waals surface area contributed by atoms with Gasteiger partial charge in [-0.1, -0.05) is 357 Å². The van der Waals surface area contributed by atoms with E-state index in [1.54, 1.807) is 45.3 Å². The molecule has 16 heteroatoms. The van der Waals surface area contributed by atoms with E-state index in [0.717, 1.165) is 109 Å². The van der Waals surface area contributed by atoms with Crippen molar-refractivity contribution < 1.29 is 19.1 Å². The van der Waals surface area contributed by atoms with Crippen LogP contribution < -0.4 is 0 Å². The monoisotopic (exact) mass is 1570 g/mol. The summed E-state index contributed by atoms with van der Waals surface area (Å²) >= 11 is 13.6. The first-order valence-corrected chi connectivity index (χ1v) is 48.9. The van der Waals surface area contributed by atoms with E-state index in [4.69, 9.17) is 29.4 Å². The molecule has 578 valence electrons. The number of ether oxygens (including phenoxy) is 2. The van der Waals surface area contributed by atoms with Crippen molar-refractivity contribution in [3.63, 3.8) is 0 Å². The van der Waals surface area contributed by atoms with Crippen LogP contribution in [0.1, 0.15) is 391 Å². The molecule has 2 unspecified atom stereocenters. The normalized spacial score (nSPS) is 12.5. The van der Waals surface area contributed by atoms with Gasteiger partial charge in [-0.3, -0.25) is 0 Å². The Hall–Kier alpha value is -3.22. The van der Waals surface area contributed by atoms with Crippen molar-refractivity contribution in [2.75, 3.05) is 13.2 Å². The number of carbonyl (C=O) groups excluding carboxylic acids is 2. The Balaban J connectivity index is 1.05. The number of thiophene rings is 4. The minimum Gasteiger partial charge on any atom is -0.462 e. The summed E-state index contributed by atoms with van der Waals surface area (Å²) < 4.78 is 12.8. The summed E-state index contributed by atoms with van der Waals surface area (Å²) in [6.45, 7) is 18.9. The van der Waals surface area contributed by atoms with E-state index in [0.29, 0.717) is 36.2 Å². The van der Waals surface area contributed by atoms with Gasteiger partial charge < -0.3 is 9.47 Å². The zero-order valence-corrected chi connectivity index (χ0v) is 72.5. The molecule has 0 aliphatic rings. The van der Waals surface area contributed by atoms with Gasteiger partial charge in [0.1, 0.15) is 20.0 Å². The van der Waals surface area contributed by atoms with Crippen molar-refractivity contribution in [2.24, 2.45) is 11.8 Å². The second-order valence-corrected chi connectivity index (χ2v) is 39.0. The highest BCUT2D eigenvalue weighted by Gasteiger charge is 2.29. The van der Waals surface area contributed by atoms with E-state index in [1.807, 2.05) is 28.7 Å². The molecule has 0 aliphatic carbocycles. The predicted molar refractivity (Wildman–Crippen MR) is 463 cm³/mol. The predicted octanol–water partition coefficient (Wildman–Crippen LogP) is 32.5. The van der Waals surface area contributed by atoms with E-state index < -0.39 is 0 Å². The molecule has 0 aliphatic heterocycles. The fourth-order valence-corrected chi connectivity index (χ4v) is 23.8. The van der Waals surface area contributed by atoms with Gasteiger partial charge in [0, 0.05) is 19.5 Å². The molecule has 0 aromatic carbocycles. The van der Waals surface area contributed by atoms with Gasteiger partial charge in [-0.25, -0.2) is 29.5 Å². The molecule has 8 rings (SSSR count). The van der Waals surface area contributed by atoms with Crippen molar-refractivity contribution in [1.82, 2.24) is 19.9 Å². The van der Waals surface area contributed by atoms with E-state index in [1.165, 1.54) is 325 Å². The summed E-state index contributed by atoms with van der Waals surface area (Å²) in [6, 6.07) is 8.94. The van der Waals surface area contributed by atoms with E-state index in [-0.39, 0.29) is 11.9 Å². The summed E-state index contributed by atoms with van der Waals surface area (Å²) in [6.07, 6.45) is 63.5. The van der Waals surface area contributed by atoms with Crippen LogP contribution in [0.2, 0.25) is 0 Å². The summed E-state index contributed by atoms with van der Waals surface area (Å²) in [5.41, 5.74) is 3.97. The number of unbranched alkanes of at least 4 members (excludes halogenated alkanes) is 38. The molecule has 104 heavy (non-hydrogen) atoms. The lowest BCUT2D eigenvalue weighted by Crippen LogP contribution is -2.15. The SMILES string of the molecule is CCCCCCCCCCCCCCc1cc(C)sc1-c1nc2sc(-c3sc(-c4cc(C(=O)OCC(CCCCCC)CCCCCCCC)c(-c5nc6sc(-c7sc(C)cc7C(=O)OCC(CCCCCC)CCCCCCCC)nc6s5)s4)cc3CCCCCCCCCCCCCC)nc2s1. The minimum atomic E-state index is -0.266. The van der Waals surface area contributed by atoms with Gasteiger partial charge in [-0.05, 0) is 112 Å². The third-order valence-corrected chi connectivity index (χ3v) is 30.4. The molecule has 8 nitrogen and oxygen atoms in total. The number of aryl methyl sites for hydroxylation is 4. The number of hydrogen-bond acceptors (Lipinski definition) is 16. The highest BCUT2D eigenvalue weighted by atomic mass is 32.1. The largest absolute Gasteiger partial charge is 0.462 e. The fourth-order valence-electron chi connectivity index (χ4n) is 14.8. The van der Waals surface area contributed by atoms with Crippen LogP contribution in [0.25, 0.3) is 68.6 Å². The number of carbonyl (C=O) groups is 2. The molecule has 0 amide bonds. The van der Waals surface area contributed by atoms with Crippen LogP contribution in [0.4, 0.5) is 0 Å². The maximum Gasteiger partial charge on any atom is 0.339 e. The number of esters is 2. The highest BCUT2D eigenvalue weighted by molar-refractivity contribution is 7.34. The first-order chi connectivity index (χ1) is 51.0. The Morgan fingerprint density at radius 1 is 0.298 bits per heavy atom. The van der Waals surface area contributed by atoms with Gasteiger partial charge in [0.2, 0.25) is 0 Å². The minimum absolute atomic E-state index is 0.255. The molecule has 8 aromatic rings. The van der Waals surface area contributed by atoms with Crippen LogP contribution in [0.3, 0.4) is 0 Å². The molecule has 0 bridgehead atoms. The van der Waals surface area contributed by atoms with Gasteiger partial charge in [-0.2, -0.15) is 0 Å². The Bertz CT molecular complexity index is 3560. The quantitative estimate of drug-likeness (QED) is 0.0274. The van der Waals surface area contributed by atoms with Crippen LogP contribution >= 0.6 is 90.7 Å². The fraction of sp³-hybridized carbons (Fsp3) is 0.705. The van der Waals surface area contributed by atoms with Crippen molar-refractivity contribution in [3.05, 3.63) is 56.3 Å². The topological polar surface area (TPSA) is 104 Å². The number of hydrogen-bond donors (Lipinski definition) is 0. The molecular formula is C88H134N4O4S8. The van der Waals surface area contributed by atoms with Crippen molar-refractivity contribution >= 4 is 122 Å².